The van der Waals surface area contributed by atoms with E-state index in [1.807, 2.05) is 53.7 Å². The molecule has 2 atom stereocenters. The molecule has 1 aromatic carbocycles. The molecule has 0 spiro atoms. The number of aliphatic carboxylic acids is 1. The number of β-lactam (4-membered cyclic amide) rings is 1. The van der Waals surface area contributed by atoms with Crippen LogP contribution in [0.25, 0.3) is 0 Å². The minimum atomic E-state index is -1.59. The number of carboxylic acids is 1. The highest BCUT2D eigenvalue weighted by Gasteiger charge is 2.66. The lowest BCUT2D eigenvalue weighted by atomic mass is 9.78. The zero-order valence-electron chi connectivity index (χ0n) is 22.7. The first-order valence-corrected chi connectivity index (χ1v) is 13.2. The van der Waals surface area contributed by atoms with Crippen LogP contribution in [0.4, 0.5) is 0 Å². The van der Waals surface area contributed by atoms with Gasteiger partial charge in [-0.05, 0) is 35.4 Å². The summed E-state index contributed by atoms with van der Waals surface area (Å²) < 4.78 is 10.9. The molecular formula is C27H36N2O7S. The number of aromatic hydroxyl groups is 1. The van der Waals surface area contributed by atoms with E-state index in [0.717, 1.165) is 11.1 Å². The fourth-order valence-electron chi connectivity index (χ4n) is 4.43. The van der Waals surface area contributed by atoms with Crippen LogP contribution in [-0.4, -0.2) is 69.2 Å². The predicted octanol–water partition coefficient (Wildman–Crippen LogP) is 3.96. The minimum absolute atomic E-state index is 0.191. The maximum absolute atomic E-state index is 13.5. The normalized spacial score (nSPS) is 22.2. The summed E-state index contributed by atoms with van der Waals surface area (Å²) in [7, 11) is 0. The molecule has 0 radical (unpaired) electrons. The average Bonchev–Trinajstić information content (AvgIpc) is 2.78. The maximum Gasteiger partial charge on any atom is 0.352 e. The molecular weight excluding hydrogens is 496 g/mol. The van der Waals surface area contributed by atoms with Crippen molar-refractivity contribution in [3.63, 3.8) is 0 Å². The van der Waals surface area contributed by atoms with Crippen molar-refractivity contribution < 1.29 is 34.1 Å². The van der Waals surface area contributed by atoms with Gasteiger partial charge in [-0.15, -0.1) is 11.8 Å². The van der Waals surface area contributed by atoms with Gasteiger partial charge in [0.1, 0.15) is 23.4 Å². The first kappa shape index (κ1) is 28.7. The lowest BCUT2D eigenvalue weighted by Crippen LogP contribution is -2.74. The van der Waals surface area contributed by atoms with Gasteiger partial charge in [-0.25, -0.2) is 9.79 Å². The van der Waals surface area contributed by atoms with Crippen molar-refractivity contribution in [1.29, 1.82) is 0 Å². The average molecular weight is 533 g/mol. The van der Waals surface area contributed by atoms with E-state index in [0.29, 0.717) is 11.1 Å². The molecule has 3 rings (SSSR count). The number of esters is 1. The van der Waals surface area contributed by atoms with E-state index in [1.165, 1.54) is 23.6 Å². The van der Waals surface area contributed by atoms with Crippen LogP contribution in [0.1, 0.15) is 72.1 Å². The van der Waals surface area contributed by atoms with E-state index in [4.69, 9.17) is 9.47 Å². The van der Waals surface area contributed by atoms with Gasteiger partial charge in [-0.2, -0.15) is 0 Å². The van der Waals surface area contributed by atoms with Crippen LogP contribution in [-0.2, 0) is 34.7 Å². The van der Waals surface area contributed by atoms with Crippen molar-refractivity contribution in [2.75, 3.05) is 19.0 Å². The number of fused-ring (bicyclic) bond motifs is 1. The molecule has 2 aliphatic heterocycles. The van der Waals surface area contributed by atoms with Gasteiger partial charge in [0, 0.05) is 42.2 Å². The number of hydrogen-bond donors (Lipinski definition) is 2. The summed E-state index contributed by atoms with van der Waals surface area (Å²) in [5, 5.41) is 20.2. The molecule has 10 heteroatoms. The molecule has 37 heavy (non-hydrogen) atoms. The zero-order valence-corrected chi connectivity index (χ0v) is 23.5. The van der Waals surface area contributed by atoms with Crippen molar-refractivity contribution in [2.24, 2.45) is 4.99 Å². The molecule has 1 fully saturated rings. The Morgan fingerprint density at radius 2 is 1.76 bits per heavy atom. The summed E-state index contributed by atoms with van der Waals surface area (Å²) in [4.78, 5) is 42.6. The zero-order chi connectivity index (χ0) is 27.9. The van der Waals surface area contributed by atoms with Crippen molar-refractivity contribution in [3.05, 3.63) is 40.1 Å². The molecule has 2 N–H and O–H groups in total. The summed E-state index contributed by atoms with van der Waals surface area (Å²) in [6.45, 7) is 15.0. The number of amides is 1. The molecule has 0 saturated carbocycles. The molecule has 1 amide bonds. The quantitative estimate of drug-likeness (QED) is 0.307. The van der Waals surface area contributed by atoms with Crippen LogP contribution in [0.3, 0.4) is 0 Å². The molecule has 202 valence electrons. The molecule has 2 aliphatic rings. The van der Waals surface area contributed by atoms with Crippen LogP contribution in [0.5, 0.6) is 5.75 Å². The lowest BCUT2D eigenvalue weighted by Gasteiger charge is -2.54. The number of nitrogens with zero attached hydrogens (tertiary/aromatic N) is 2. The van der Waals surface area contributed by atoms with Crippen LogP contribution in [0.2, 0.25) is 0 Å². The Kier molecular flexibility index (Phi) is 7.86. The van der Waals surface area contributed by atoms with E-state index < -0.39 is 28.9 Å². The second-order valence-corrected chi connectivity index (χ2v) is 12.3. The largest absolute Gasteiger partial charge is 0.507 e. The number of phenolic OH excluding ortho intramolecular Hbond substituents is 1. The maximum atomic E-state index is 13.5. The molecule has 1 saturated heterocycles. The Hall–Kier alpha value is -2.85. The molecule has 0 aliphatic carbocycles. The molecule has 9 nitrogen and oxygen atoms in total. The number of thioether (sulfide) groups is 1. The summed E-state index contributed by atoms with van der Waals surface area (Å²) in [5.41, 5.74) is 0.0848. The number of ether oxygens (including phenoxy) is 2. The number of carbonyl (C=O) groups excluding carboxylic acids is 2. The van der Waals surface area contributed by atoms with Crippen molar-refractivity contribution in [3.8, 4) is 5.75 Å². The third-order valence-electron chi connectivity index (χ3n) is 6.26. The fraction of sp³-hybridized carbons (Fsp3) is 0.556. The van der Waals surface area contributed by atoms with Crippen LogP contribution < -0.4 is 0 Å². The Morgan fingerprint density at radius 3 is 2.22 bits per heavy atom. The molecule has 1 aromatic rings. The standard InChI is InChI=1S/C27H36N2O7S/c1-9-36-27(23(34)29-20(22(32)33)17(13-35-15(2)30)14-37-24(27)29)28-12-16-10-18(25(3,4)5)21(31)19(11-16)26(6,7)8/h10-12,24,31H,9,13-14H2,1-8H3,(H,32,33)/t24-,27-/m0/s1. The number of phenols is 1. The predicted molar refractivity (Wildman–Crippen MR) is 142 cm³/mol. The summed E-state index contributed by atoms with van der Waals surface area (Å²) >= 11 is 1.31. The smallest absolute Gasteiger partial charge is 0.352 e. The van der Waals surface area contributed by atoms with Gasteiger partial charge in [-0.1, -0.05) is 41.5 Å². The highest BCUT2D eigenvalue weighted by molar-refractivity contribution is 8.00. The fourth-order valence-corrected chi connectivity index (χ4v) is 5.81. The van der Waals surface area contributed by atoms with Gasteiger partial charge in [0.15, 0.2) is 0 Å². The molecule has 0 bridgehead atoms. The van der Waals surface area contributed by atoms with Gasteiger partial charge in [0.05, 0.1) is 0 Å². The highest BCUT2D eigenvalue weighted by Crippen LogP contribution is 2.49. The Bertz CT molecular complexity index is 1140. The van der Waals surface area contributed by atoms with Crippen molar-refractivity contribution in [2.45, 2.75) is 77.3 Å². The van der Waals surface area contributed by atoms with E-state index in [-0.39, 0.29) is 41.2 Å². The first-order valence-electron chi connectivity index (χ1n) is 12.2. The lowest BCUT2D eigenvalue weighted by molar-refractivity contribution is -0.186. The number of carbonyl (C=O) groups is 3. The van der Waals surface area contributed by atoms with E-state index in [1.54, 1.807) is 13.1 Å². The van der Waals surface area contributed by atoms with Gasteiger partial charge >= 0.3 is 11.9 Å². The number of aliphatic imine (C=N–C) groups is 1. The SMILES string of the molecule is CCO[C@@]1(N=Cc2cc(C(C)(C)C)c(O)c(C(C)(C)C)c2)C(=O)N2C(C(=O)O)=C(COC(C)=O)CS[C@H]21. The van der Waals surface area contributed by atoms with Crippen molar-refractivity contribution >= 4 is 35.8 Å². The number of carboxylic acid groups (broad SMARTS) is 1. The summed E-state index contributed by atoms with van der Waals surface area (Å²) in [6.07, 6.45) is 1.56. The number of hydrogen-bond acceptors (Lipinski definition) is 8. The first-order chi connectivity index (χ1) is 17.0. The monoisotopic (exact) mass is 532 g/mol. The second-order valence-electron chi connectivity index (χ2n) is 11.2. The minimum Gasteiger partial charge on any atom is -0.507 e. The molecule has 2 heterocycles. The number of rotatable bonds is 7. The van der Waals surface area contributed by atoms with Crippen LogP contribution >= 0.6 is 11.8 Å². The Morgan fingerprint density at radius 1 is 1.19 bits per heavy atom. The van der Waals surface area contributed by atoms with E-state index in [9.17, 15) is 24.6 Å². The third-order valence-corrected chi connectivity index (χ3v) is 7.62. The topological polar surface area (TPSA) is 126 Å². The van der Waals surface area contributed by atoms with Gasteiger partial charge < -0.3 is 19.7 Å². The second kappa shape index (κ2) is 10.1. The summed E-state index contributed by atoms with van der Waals surface area (Å²) in [5.74, 6) is -1.92. The van der Waals surface area contributed by atoms with Gasteiger partial charge in [-0.3, -0.25) is 14.5 Å². The summed E-state index contributed by atoms with van der Waals surface area (Å²) in [6, 6.07) is 3.70. The van der Waals surface area contributed by atoms with Gasteiger partial charge in [0.2, 0.25) is 0 Å². The Balaban J connectivity index is 2.05. The van der Waals surface area contributed by atoms with E-state index in [2.05, 4.69) is 4.99 Å². The van der Waals surface area contributed by atoms with Gasteiger partial charge in [0.25, 0.3) is 11.6 Å². The van der Waals surface area contributed by atoms with Crippen LogP contribution in [0.15, 0.2) is 28.4 Å². The third kappa shape index (κ3) is 5.40. The van der Waals surface area contributed by atoms with E-state index >= 15 is 0 Å². The molecule has 0 unspecified atom stereocenters. The molecule has 0 aromatic heterocycles. The number of benzene rings is 1. The highest BCUT2D eigenvalue weighted by atomic mass is 32.2. The Labute approximate surface area is 221 Å². The van der Waals surface area contributed by atoms with Crippen molar-refractivity contribution in [1.82, 2.24) is 4.90 Å². The van der Waals surface area contributed by atoms with Crippen LogP contribution in [0, 0.1) is 0 Å².